The molecule has 0 radical (unpaired) electrons. The molecule has 1 aromatic rings. The van der Waals surface area contributed by atoms with Gasteiger partial charge in [0.15, 0.2) is 0 Å². The van der Waals surface area contributed by atoms with Crippen LogP contribution in [0.3, 0.4) is 0 Å². The Bertz CT molecular complexity index is 378. The van der Waals surface area contributed by atoms with Crippen molar-refractivity contribution in [1.82, 2.24) is 4.72 Å². The number of hydrogen-bond acceptors (Lipinski definition) is 2. The van der Waals surface area contributed by atoms with E-state index in [1.807, 2.05) is 0 Å². The number of alkyl halides is 1. The first kappa shape index (κ1) is 12.7. The van der Waals surface area contributed by atoms with E-state index in [1.54, 1.807) is 30.3 Å². The molecule has 0 aromatic heterocycles. The van der Waals surface area contributed by atoms with Crippen molar-refractivity contribution in [3.8, 4) is 0 Å². The molecule has 0 bridgehead atoms. The fourth-order valence-electron chi connectivity index (χ4n) is 1.11. The Morgan fingerprint density at radius 1 is 1.13 bits per heavy atom. The number of benzene rings is 1. The van der Waals surface area contributed by atoms with Crippen molar-refractivity contribution >= 4 is 26.0 Å². The van der Waals surface area contributed by atoms with Gasteiger partial charge in [0.2, 0.25) is 10.0 Å². The second-order valence-corrected chi connectivity index (χ2v) is 5.67. The summed E-state index contributed by atoms with van der Waals surface area (Å²) in [7, 11) is -3.31. The van der Waals surface area contributed by atoms with Crippen LogP contribution in [0, 0.1) is 0 Å². The van der Waals surface area contributed by atoms with Gasteiger partial charge >= 0.3 is 0 Å². The van der Waals surface area contributed by atoms with Crippen LogP contribution in [0.5, 0.6) is 0 Å². The minimum Gasteiger partial charge on any atom is -0.211 e. The molecular weight excluding hydrogens is 278 g/mol. The summed E-state index contributed by atoms with van der Waals surface area (Å²) >= 11 is 3.30. The van der Waals surface area contributed by atoms with Gasteiger partial charge in [-0.3, -0.25) is 0 Å². The Morgan fingerprint density at radius 2 is 1.80 bits per heavy atom. The van der Waals surface area contributed by atoms with Crippen molar-refractivity contribution in [2.24, 2.45) is 0 Å². The molecule has 0 fully saturated rings. The molecule has 0 spiro atoms. The van der Waals surface area contributed by atoms with Crippen molar-refractivity contribution in [2.45, 2.75) is 17.7 Å². The second-order valence-electron chi connectivity index (χ2n) is 3.11. The normalized spacial score (nSPS) is 11.5. The van der Waals surface area contributed by atoms with Crippen LogP contribution in [0.25, 0.3) is 0 Å². The number of halogens is 1. The zero-order valence-corrected chi connectivity index (χ0v) is 10.7. The summed E-state index contributed by atoms with van der Waals surface area (Å²) in [6, 6.07) is 8.41. The SMILES string of the molecule is O=S(=O)(NCCCCBr)c1ccccc1. The maximum absolute atomic E-state index is 11.7. The number of hydrogen-bond donors (Lipinski definition) is 1. The Morgan fingerprint density at radius 3 is 2.40 bits per heavy atom. The molecule has 0 aliphatic heterocycles. The molecule has 0 saturated heterocycles. The van der Waals surface area contributed by atoms with Crippen molar-refractivity contribution in [3.05, 3.63) is 30.3 Å². The van der Waals surface area contributed by atoms with E-state index in [0.29, 0.717) is 11.4 Å². The molecular formula is C10H14BrNO2S. The van der Waals surface area contributed by atoms with Gasteiger partial charge in [-0.05, 0) is 25.0 Å². The molecule has 0 atom stereocenters. The third-order valence-corrected chi connectivity index (χ3v) is 3.94. The van der Waals surface area contributed by atoms with Gasteiger partial charge < -0.3 is 0 Å². The molecule has 1 N–H and O–H groups in total. The second kappa shape index (κ2) is 6.25. The van der Waals surface area contributed by atoms with E-state index in [0.717, 1.165) is 18.2 Å². The molecule has 15 heavy (non-hydrogen) atoms. The lowest BCUT2D eigenvalue weighted by molar-refractivity contribution is 0.578. The van der Waals surface area contributed by atoms with Crippen molar-refractivity contribution in [2.75, 3.05) is 11.9 Å². The molecule has 0 aliphatic rings. The van der Waals surface area contributed by atoms with E-state index in [9.17, 15) is 8.42 Å². The molecule has 0 amide bonds. The Hall–Kier alpha value is -0.390. The predicted molar refractivity (Wildman–Crippen MR) is 64.7 cm³/mol. The van der Waals surface area contributed by atoms with E-state index in [4.69, 9.17) is 0 Å². The first-order valence-corrected chi connectivity index (χ1v) is 7.38. The Balaban J connectivity index is 2.53. The topological polar surface area (TPSA) is 46.2 Å². The quantitative estimate of drug-likeness (QED) is 0.645. The first-order chi connectivity index (χ1) is 7.17. The van der Waals surface area contributed by atoms with Crippen LogP contribution < -0.4 is 4.72 Å². The average Bonchev–Trinajstić information content (AvgIpc) is 2.26. The zero-order valence-electron chi connectivity index (χ0n) is 8.32. The molecule has 1 aromatic carbocycles. The van der Waals surface area contributed by atoms with Crippen molar-refractivity contribution in [3.63, 3.8) is 0 Å². The van der Waals surface area contributed by atoms with E-state index >= 15 is 0 Å². The zero-order chi connectivity index (χ0) is 11.1. The summed E-state index contributed by atoms with van der Waals surface area (Å²) in [5.74, 6) is 0. The molecule has 0 heterocycles. The number of unbranched alkanes of at least 4 members (excludes halogenated alkanes) is 1. The fraction of sp³-hybridized carbons (Fsp3) is 0.400. The van der Waals surface area contributed by atoms with E-state index < -0.39 is 10.0 Å². The van der Waals surface area contributed by atoms with Gasteiger partial charge in [-0.25, -0.2) is 13.1 Å². The predicted octanol–water partition coefficient (Wildman–Crippen LogP) is 2.14. The monoisotopic (exact) mass is 291 g/mol. The molecule has 3 nitrogen and oxygen atoms in total. The van der Waals surface area contributed by atoms with E-state index in [-0.39, 0.29) is 0 Å². The number of rotatable bonds is 6. The van der Waals surface area contributed by atoms with Crippen LogP contribution in [0.1, 0.15) is 12.8 Å². The van der Waals surface area contributed by atoms with Gasteiger partial charge in [-0.15, -0.1) is 0 Å². The third kappa shape index (κ3) is 4.32. The summed E-state index contributed by atoms with van der Waals surface area (Å²) in [4.78, 5) is 0.323. The van der Waals surface area contributed by atoms with Crippen LogP contribution in [-0.2, 0) is 10.0 Å². The van der Waals surface area contributed by atoms with Crippen LogP contribution in [0.2, 0.25) is 0 Å². The first-order valence-electron chi connectivity index (χ1n) is 4.77. The summed E-state index contributed by atoms with van der Waals surface area (Å²) in [6.07, 6.45) is 1.81. The number of sulfonamides is 1. The molecule has 0 unspecified atom stereocenters. The highest BCUT2D eigenvalue weighted by atomic mass is 79.9. The molecule has 5 heteroatoms. The third-order valence-electron chi connectivity index (χ3n) is 1.91. The molecule has 0 aliphatic carbocycles. The van der Waals surface area contributed by atoms with Gasteiger partial charge in [0.25, 0.3) is 0 Å². The fourth-order valence-corrected chi connectivity index (χ4v) is 2.60. The maximum atomic E-state index is 11.7. The lowest BCUT2D eigenvalue weighted by Crippen LogP contribution is -2.24. The standard InChI is InChI=1S/C10H14BrNO2S/c11-8-4-5-9-12-15(13,14)10-6-2-1-3-7-10/h1-3,6-7,12H,4-5,8-9H2. The highest BCUT2D eigenvalue weighted by Gasteiger charge is 2.11. The molecule has 84 valence electrons. The molecule has 0 saturated carbocycles. The van der Waals surface area contributed by atoms with Gasteiger partial charge in [0.1, 0.15) is 0 Å². The minimum absolute atomic E-state index is 0.323. The van der Waals surface area contributed by atoms with Crippen LogP contribution >= 0.6 is 15.9 Å². The van der Waals surface area contributed by atoms with Crippen LogP contribution in [0.4, 0.5) is 0 Å². The molecule has 1 rings (SSSR count). The summed E-state index contributed by atoms with van der Waals surface area (Å²) in [5, 5.41) is 0.903. The summed E-state index contributed by atoms with van der Waals surface area (Å²) in [5.41, 5.74) is 0. The van der Waals surface area contributed by atoms with E-state index in [1.165, 1.54) is 0 Å². The largest absolute Gasteiger partial charge is 0.240 e. The Kier molecular flexibility index (Phi) is 5.28. The maximum Gasteiger partial charge on any atom is 0.240 e. The van der Waals surface area contributed by atoms with Crippen LogP contribution in [-0.4, -0.2) is 20.3 Å². The van der Waals surface area contributed by atoms with Gasteiger partial charge in [0, 0.05) is 11.9 Å². The lowest BCUT2D eigenvalue weighted by atomic mass is 10.3. The van der Waals surface area contributed by atoms with E-state index in [2.05, 4.69) is 20.7 Å². The lowest BCUT2D eigenvalue weighted by Gasteiger charge is -2.05. The number of nitrogens with one attached hydrogen (secondary N) is 1. The van der Waals surface area contributed by atoms with Crippen LogP contribution in [0.15, 0.2) is 35.2 Å². The summed E-state index contributed by atoms with van der Waals surface area (Å²) < 4.78 is 25.9. The van der Waals surface area contributed by atoms with Gasteiger partial charge in [-0.1, -0.05) is 34.1 Å². The Labute approximate surface area is 99.1 Å². The summed E-state index contributed by atoms with van der Waals surface area (Å²) in [6.45, 7) is 0.489. The minimum atomic E-state index is -3.31. The van der Waals surface area contributed by atoms with Crippen molar-refractivity contribution in [1.29, 1.82) is 0 Å². The van der Waals surface area contributed by atoms with Crippen molar-refractivity contribution < 1.29 is 8.42 Å². The van der Waals surface area contributed by atoms with Gasteiger partial charge in [0.05, 0.1) is 4.90 Å². The smallest absolute Gasteiger partial charge is 0.211 e. The average molecular weight is 292 g/mol. The highest BCUT2D eigenvalue weighted by Crippen LogP contribution is 2.06. The highest BCUT2D eigenvalue weighted by molar-refractivity contribution is 9.09. The van der Waals surface area contributed by atoms with Gasteiger partial charge in [-0.2, -0.15) is 0 Å².